The maximum Gasteiger partial charge on any atom is 0.311 e. The Labute approximate surface area is 134 Å². The number of esters is 1. The van der Waals surface area contributed by atoms with Crippen molar-refractivity contribution in [3.63, 3.8) is 0 Å². The Balaban J connectivity index is 1.96. The third kappa shape index (κ3) is 4.93. The van der Waals surface area contributed by atoms with Gasteiger partial charge in [0.25, 0.3) is 0 Å². The summed E-state index contributed by atoms with van der Waals surface area (Å²) in [4.78, 5) is 12.5. The Morgan fingerprint density at radius 1 is 1.18 bits per heavy atom. The Hall–Kier alpha value is -0.650. The Bertz CT molecular complexity index is 367. The first-order valence-corrected chi connectivity index (χ1v) is 8.65. The van der Waals surface area contributed by atoms with E-state index in [1.807, 2.05) is 20.8 Å². The van der Waals surface area contributed by atoms with Crippen LogP contribution in [0.1, 0.15) is 59.3 Å². The average Bonchev–Trinajstić information content (AvgIpc) is 2.85. The summed E-state index contributed by atoms with van der Waals surface area (Å²) in [6.45, 7) is 7.59. The standard InChI is InChI=1S/C17H32N2O3/c1-17(2,3)22-16(20)14-9-5-6-10-15(14)18-19-11-7-8-13(19)12-21-4/h13-15,18H,5-12H2,1-4H3/t13-,14-,15-/m0/s1. The van der Waals surface area contributed by atoms with Crippen LogP contribution in [0.3, 0.4) is 0 Å². The first kappa shape index (κ1) is 17.7. The van der Waals surface area contributed by atoms with Gasteiger partial charge in [0.15, 0.2) is 0 Å². The van der Waals surface area contributed by atoms with Crippen molar-refractivity contribution in [2.45, 2.75) is 77.0 Å². The van der Waals surface area contributed by atoms with E-state index in [0.717, 1.165) is 38.8 Å². The summed E-state index contributed by atoms with van der Waals surface area (Å²) < 4.78 is 10.9. The molecule has 0 amide bonds. The van der Waals surface area contributed by atoms with Gasteiger partial charge in [0.05, 0.1) is 12.5 Å². The molecule has 1 N–H and O–H groups in total. The van der Waals surface area contributed by atoms with Crippen molar-refractivity contribution in [1.29, 1.82) is 0 Å². The minimum absolute atomic E-state index is 0.0308. The van der Waals surface area contributed by atoms with Crippen molar-refractivity contribution in [3.8, 4) is 0 Å². The molecule has 0 aromatic carbocycles. The fourth-order valence-corrected chi connectivity index (χ4v) is 3.53. The van der Waals surface area contributed by atoms with E-state index < -0.39 is 5.60 Å². The molecule has 0 aromatic heterocycles. The molecule has 2 aliphatic rings. The summed E-state index contributed by atoms with van der Waals surface area (Å²) >= 11 is 0. The Morgan fingerprint density at radius 3 is 2.59 bits per heavy atom. The molecular formula is C17H32N2O3. The molecule has 2 rings (SSSR count). The quantitative estimate of drug-likeness (QED) is 0.791. The molecule has 5 nitrogen and oxygen atoms in total. The second-order valence-electron chi connectivity index (χ2n) is 7.60. The van der Waals surface area contributed by atoms with Gasteiger partial charge in [-0.15, -0.1) is 0 Å². The number of rotatable bonds is 5. The van der Waals surface area contributed by atoms with Crippen LogP contribution < -0.4 is 5.43 Å². The van der Waals surface area contributed by atoms with Crippen molar-refractivity contribution in [2.75, 3.05) is 20.3 Å². The van der Waals surface area contributed by atoms with E-state index in [9.17, 15) is 4.79 Å². The Kier molecular flexibility index (Phi) is 6.24. The second kappa shape index (κ2) is 7.75. The van der Waals surface area contributed by atoms with Gasteiger partial charge in [-0.1, -0.05) is 12.8 Å². The minimum atomic E-state index is -0.411. The molecule has 1 aliphatic heterocycles. The predicted octanol–water partition coefficient (Wildman–Crippen LogP) is 2.50. The van der Waals surface area contributed by atoms with Gasteiger partial charge in [-0.05, 0) is 46.5 Å². The van der Waals surface area contributed by atoms with Gasteiger partial charge in [-0.25, -0.2) is 5.01 Å². The first-order valence-electron chi connectivity index (χ1n) is 8.65. The highest BCUT2D eigenvalue weighted by molar-refractivity contribution is 5.73. The minimum Gasteiger partial charge on any atom is -0.460 e. The summed E-state index contributed by atoms with van der Waals surface area (Å²) in [7, 11) is 1.75. The van der Waals surface area contributed by atoms with Crippen LogP contribution in [0.15, 0.2) is 0 Å². The van der Waals surface area contributed by atoms with E-state index in [0.29, 0.717) is 6.04 Å². The number of ether oxygens (including phenoxy) is 2. The third-order valence-corrected chi connectivity index (χ3v) is 4.54. The number of hydrogen-bond acceptors (Lipinski definition) is 5. The van der Waals surface area contributed by atoms with Crippen LogP contribution in [0.2, 0.25) is 0 Å². The maximum atomic E-state index is 12.5. The largest absolute Gasteiger partial charge is 0.460 e. The van der Waals surface area contributed by atoms with Crippen LogP contribution in [-0.2, 0) is 14.3 Å². The highest BCUT2D eigenvalue weighted by Crippen LogP contribution is 2.28. The van der Waals surface area contributed by atoms with E-state index >= 15 is 0 Å². The molecule has 0 unspecified atom stereocenters. The van der Waals surface area contributed by atoms with Crippen LogP contribution in [0.25, 0.3) is 0 Å². The number of hydrazine groups is 1. The number of methoxy groups -OCH3 is 1. The molecule has 5 heteroatoms. The van der Waals surface area contributed by atoms with Crippen LogP contribution in [0, 0.1) is 5.92 Å². The fraction of sp³-hybridized carbons (Fsp3) is 0.941. The molecule has 3 atom stereocenters. The number of hydrogen-bond donors (Lipinski definition) is 1. The molecule has 0 bridgehead atoms. The number of nitrogens with one attached hydrogen (secondary N) is 1. The molecule has 1 heterocycles. The molecule has 0 spiro atoms. The SMILES string of the molecule is COC[C@@H]1CCCN1N[C@H]1CCCC[C@@H]1C(=O)OC(C)(C)C. The van der Waals surface area contributed by atoms with Gasteiger partial charge < -0.3 is 9.47 Å². The molecule has 0 aromatic rings. The second-order valence-corrected chi connectivity index (χ2v) is 7.60. The number of carbonyl (C=O) groups is 1. The lowest BCUT2D eigenvalue weighted by atomic mass is 9.84. The highest BCUT2D eigenvalue weighted by Gasteiger charge is 2.36. The van der Waals surface area contributed by atoms with Crippen molar-refractivity contribution >= 4 is 5.97 Å². The monoisotopic (exact) mass is 312 g/mol. The summed E-state index contributed by atoms with van der Waals surface area (Å²) in [6.07, 6.45) is 6.61. The normalized spacial score (nSPS) is 30.5. The van der Waals surface area contributed by atoms with Crippen LogP contribution >= 0.6 is 0 Å². The molecule has 1 saturated heterocycles. The molecule has 128 valence electrons. The number of carbonyl (C=O) groups excluding carboxylic acids is 1. The highest BCUT2D eigenvalue weighted by atomic mass is 16.6. The lowest BCUT2D eigenvalue weighted by molar-refractivity contribution is -0.163. The number of nitrogens with zero attached hydrogens (tertiary/aromatic N) is 1. The fourth-order valence-electron chi connectivity index (χ4n) is 3.53. The van der Waals surface area contributed by atoms with Crippen molar-refractivity contribution in [3.05, 3.63) is 0 Å². The zero-order chi connectivity index (χ0) is 16.2. The smallest absolute Gasteiger partial charge is 0.311 e. The van der Waals surface area contributed by atoms with Crippen molar-refractivity contribution in [2.24, 2.45) is 5.92 Å². The van der Waals surface area contributed by atoms with Crippen molar-refractivity contribution < 1.29 is 14.3 Å². The van der Waals surface area contributed by atoms with Gasteiger partial charge in [0.2, 0.25) is 0 Å². The van der Waals surface area contributed by atoms with E-state index in [2.05, 4.69) is 10.4 Å². The first-order chi connectivity index (χ1) is 10.4. The summed E-state index contributed by atoms with van der Waals surface area (Å²) in [5, 5.41) is 2.29. The van der Waals surface area contributed by atoms with Gasteiger partial charge in [0, 0.05) is 25.7 Å². The van der Waals surface area contributed by atoms with Crippen LogP contribution in [-0.4, -0.2) is 48.9 Å². The van der Waals surface area contributed by atoms with E-state index in [4.69, 9.17) is 9.47 Å². The zero-order valence-electron chi connectivity index (χ0n) is 14.6. The lowest BCUT2D eigenvalue weighted by Crippen LogP contribution is -2.54. The predicted molar refractivity (Wildman–Crippen MR) is 86.3 cm³/mol. The van der Waals surface area contributed by atoms with Gasteiger partial charge in [-0.3, -0.25) is 10.2 Å². The van der Waals surface area contributed by atoms with Crippen molar-refractivity contribution in [1.82, 2.24) is 10.4 Å². The maximum absolute atomic E-state index is 12.5. The summed E-state index contributed by atoms with van der Waals surface area (Å²) in [5.41, 5.74) is 3.21. The van der Waals surface area contributed by atoms with E-state index in [-0.39, 0.29) is 17.9 Å². The van der Waals surface area contributed by atoms with Crippen LogP contribution in [0.5, 0.6) is 0 Å². The van der Waals surface area contributed by atoms with Crippen LogP contribution in [0.4, 0.5) is 0 Å². The third-order valence-electron chi connectivity index (χ3n) is 4.54. The molecular weight excluding hydrogens is 280 g/mol. The van der Waals surface area contributed by atoms with E-state index in [1.165, 1.54) is 12.8 Å². The topological polar surface area (TPSA) is 50.8 Å². The lowest BCUT2D eigenvalue weighted by Gasteiger charge is -2.37. The molecule has 2 fully saturated rings. The summed E-state index contributed by atoms with van der Waals surface area (Å²) in [6, 6.07) is 0.618. The van der Waals surface area contributed by atoms with Gasteiger partial charge in [0.1, 0.15) is 5.60 Å². The van der Waals surface area contributed by atoms with E-state index in [1.54, 1.807) is 7.11 Å². The molecule has 1 aliphatic carbocycles. The Morgan fingerprint density at radius 2 is 1.91 bits per heavy atom. The average molecular weight is 312 g/mol. The molecule has 0 radical (unpaired) electrons. The molecule has 1 saturated carbocycles. The molecule has 22 heavy (non-hydrogen) atoms. The van der Waals surface area contributed by atoms with Gasteiger partial charge in [-0.2, -0.15) is 0 Å². The zero-order valence-corrected chi connectivity index (χ0v) is 14.6. The summed E-state index contributed by atoms with van der Waals surface area (Å²) in [5.74, 6) is -0.0797. The van der Waals surface area contributed by atoms with Gasteiger partial charge >= 0.3 is 5.97 Å².